The summed E-state index contributed by atoms with van der Waals surface area (Å²) in [4.78, 5) is 14.6. The van der Waals surface area contributed by atoms with Gasteiger partial charge in [-0.05, 0) is 44.0 Å². The van der Waals surface area contributed by atoms with E-state index >= 15 is 0 Å². The molecule has 0 unspecified atom stereocenters. The van der Waals surface area contributed by atoms with Crippen molar-refractivity contribution < 1.29 is 26.7 Å². The minimum Gasteiger partial charge on any atom is -0.434 e. The molecule has 162 valence electrons. The Labute approximate surface area is 175 Å². The molecular formula is C21H24F2N2O4S. The molecule has 0 N–H and O–H groups in total. The summed E-state index contributed by atoms with van der Waals surface area (Å²) in [7, 11) is -3.71. The van der Waals surface area contributed by atoms with Crippen LogP contribution in [0.5, 0.6) is 5.75 Å². The summed E-state index contributed by atoms with van der Waals surface area (Å²) in [5, 5.41) is 0. The third-order valence-corrected chi connectivity index (χ3v) is 7.27. The second-order valence-corrected chi connectivity index (χ2v) is 9.17. The third kappa shape index (κ3) is 4.46. The lowest BCUT2D eigenvalue weighted by Gasteiger charge is -2.34. The zero-order valence-electron chi connectivity index (χ0n) is 17.1. The van der Waals surface area contributed by atoms with Crippen LogP contribution in [0.4, 0.5) is 8.78 Å². The molecule has 1 saturated heterocycles. The summed E-state index contributed by atoms with van der Waals surface area (Å²) in [5.41, 5.74) is 2.39. The van der Waals surface area contributed by atoms with Crippen LogP contribution in [0.15, 0.2) is 41.3 Å². The van der Waals surface area contributed by atoms with Gasteiger partial charge in [0.1, 0.15) is 5.75 Å². The Morgan fingerprint density at radius 1 is 1.00 bits per heavy atom. The molecular weight excluding hydrogens is 414 g/mol. The average molecular weight is 438 g/mol. The highest BCUT2D eigenvalue weighted by Crippen LogP contribution is 2.27. The first-order valence-corrected chi connectivity index (χ1v) is 11.0. The second-order valence-electron chi connectivity index (χ2n) is 7.30. The monoisotopic (exact) mass is 438 g/mol. The number of carbonyl (C=O) groups is 1. The first-order valence-electron chi connectivity index (χ1n) is 9.52. The average Bonchev–Trinajstić information content (AvgIpc) is 2.66. The van der Waals surface area contributed by atoms with Crippen LogP contribution in [-0.4, -0.2) is 56.3 Å². The molecule has 0 saturated carbocycles. The van der Waals surface area contributed by atoms with E-state index in [9.17, 15) is 22.0 Å². The quantitative estimate of drug-likeness (QED) is 0.718. The number of nitrogens with zero attached hydrogens (tertiary/aromatic N) is 2. The number of para-hydroxylation sites is 1. The zero-order valence-corrected chi connectivity index (χ0v) is 17.9. The number of hydrogen-bond donors (Lipinski definition) is 0. The predicted octanol–water partition coefficient (Wildman–Crippen LogP) is 3.36. The number of rotatable bonds is 5. The van der Waals surface area contributed by atoms with Crippen molar-refractivity contribution in [3.63, 3.8) is 0 Å². The van der Waals surface area contributed by atoms with E-state index in [1.54, 1.807) is 19.9 Å². The van der Waals surface area contributed by atoms with E-state index in [2.05, 4.69) is 4.74 Å². The van der Waals surface area contributed by atoms with Gasteiger partial charge in [0.2, 0.25) is 10.0 Å². The zero-order chi connectivity index (χ0) is 22.1. The Kier molecular flexibility index (Phi) is 6.42. The Bertz CT molecular complexity index is 1030. The SMILES string of the molecule is Cc1cc(C)c(S(=O)(=O)N2CCN(C(=O)c3ccccc3OC(F)F)CC2)c(C)c1. The Morgan fingerprint density at radius 3 is 2.13 bits per heavy atom. The molecule has 2 aromatic carbocycles. The van der Waals surface area contributed by atoms with Gasteiger partial charge in [0.15, 0.2) is 0 Å². The number of sulfonamides is 1. The molecule has 3 rings (SSSR count). The predicted molar refractivity (Wildman–Crippen MR) is 108 cm³/mol. The van der Waals surface area contributed by atoms with Crippen LogP contribution in [0.2, 0.25) is 0 Å². The van der Waals surface area contributed by atoms with E-state index in [-0.39, 0.29) is 37.5 Å². The molecule has 9 heteroatoms. The number of aryl methyl sites for hydroxylation is 3. The maximum atomic E-state index is 13.2. The molecule has 1 fully saturated rings. The topological polar surface area (TPSA) is 66.9 Å². The Hall–Kier alpha value is -2.52. The largest absolute Gasteiger partial charge is 0.434 e. The molecule has 1 aliphatic heterocycles. The van der Waals surface area contributed by atoms with Crippen molar-refractivity contribution >= 4 is 15.9 Å². The first kappa shape index (κ1) is 22.2. The maximum absolute atomic E-state index is 13.2. The molecule has 0 bridgehead atoms. The standard InChI is InChI=1S/C21H24F2N2O4S/c1-14-12-15(2)19(16(3)13-14)30(27,28)25-10-8-24(9-11-25)20(26)17-6-4-5-7-18(17)29-21(22)23/h4-7,12-13,21H,8-11H2,1-3H3. The molecule has 1 amide bonds. The number of carbonyl (C=O) groups excluding carboxylic acids is 1. The summed E-state index contributed by atoms with van der Waals surface area (Å²) >= 11 is 0. The highest BCUT2D eigenvalue weighted by molar-refractivity contribution is 7.89. The lowest BCUT2D eigenvalue weighted by molar-refractivity contribution is -0.0503. The molecule has 0 aromatic heterocycles. The summed E-state index contributed by atoms with van der Waals surface area (Å²) < 4.78 is 57.4. The van der Waals surface area contributed by atoms with Crippen molar-refractivity contribution in [2.45, 2.75) is 32.3 Å². The fraction of sp³-hybridized carbons (Fsp3) is 0.381. The molecule has 0 spiro atoms. The molecule has 2 aromatic rings. The van der Waals surface area contributed by atoms with E-state index in [0.717, 1.165) is 5.56 Å². The van der Waals surface area contributed by atoms with Crippen molar-refractivity contribution in [1.82, 2.24) is 9.21 Å². The molecule has 6 nitrogen and oxygen atoms in total. The summed E-state index contributed by atoms with van der Waals surface area (Å²) in [6.45, 7) is 2.98. The van der Waals surface area contributed by atoms with Gasteiger partial charge in [-0.2, -0.15) is 13.1 Å². The molecule has 1 aliphatic rings. The number of benzene rings is 2. The Balaban J connectivity index is 1.76. The van der Waals surface area contributed by atoms with Gasteiger partial charge in [0.25, 0.3) is 5.91 Å². The highest BCUT2D eigenvalue weighted by Gasteiger charge is 2.33. The molecule has 0 radical (unpaired) electrons. The van der Waals surface area contributed by atoms with E-state index in [0.29, 0.717) is 16.0 Å². The van der Waals surface area contributed by atoms with Crippen molar-refractivity contribution in [2.75, 3.05) is 26.2 Å². The molecule has 30 heavy (non-hydrogen) atoms. The van der Waals surface area contributed by atoms with Crippen LogP contribution in [0, 0.1) is 20.8 Å². The fourth-order valence-electron chi connectivity index (χ4n) is 3.85. The number of hydrogen-bond acceptors (Lipinski definition) is 4. The van der Waals surface area contributed by atoms with Crippen molar-refractivity contribution in [3.8, 4) is 5.75 Å². The van der Waals surface area contributed by atoms with Crippen LogP contribution < -0.4 is 4.74 Å². The molecule has 0 aliphatic carbocycles. The fourth-order valence-corrected chi connectivity index (χ4v) is 5.68. The van der Waals surface area contributed by atoms with Gasteiger partial charge in [-0.1, -0.05) is 29.8 Å². The van der Waals surface area contributed by atoms with Crippen LogP contribution in [0.3, 0.4) is 0 Å². The smallest absolute Gasteiger partial charge is 0.387 e. The minimum absolute atomic E-state index is 0.0272. The van der Waals surface area contributed by atoms with E-state index in [1.165, 1.54) is 27.4 Å². The van der Waals surface area contributed by atoms with Gasteiger partial charge in [0.05, 0.1) is 10.5 Å². The van der Waals surface area contributed by atoms with Gasteiger partial charge in [-0.25, -0.2) is 8.42 Å². The van der Waals surface area contributed by atoms with Gasteiger partial charge in [-0.3, -0.25) is 4.79 Å². The van der Waals surface area contributed by atoms with E-state index < -0.39 is 22.5 Å². The van der Waals surface area contributed by atoms with Crippen molar-refractivity contribution in [3.05, 3.63) is 58.7 Å². The third-order valence-electron chi connectivity index (χ3n) is 5.06. The molecule has 1 heterocycles. The highest BCUT2D eigenvalue weighted by atomic mass is 32.2. The summed E-state index contributed by atoms with van der Waals surface area (Å²) in [6.07, 6.45) is 0. The maximum Gasteiger partial charge on any atom is 0.387 e. The summed E-state index contributed by atoms with van der Waals surface area (Å²) in [6, 6.07) is 9.46. The van der Waals surface area contributed by atoms with E-state index in [1.807, 2.05) is 19.1 Å². The van der Waals surface area contributed by atoms with Gasteiger partial charge >= 0.3 is 6.61 Å². The number of amides is 1. The second kappa shape index (κ2) is 8.69. The number of halogens is 2. The van der Waals surface area contributed by atoms with Crippen LogP contribution in [0.1, 0.15) is 27.0 Å². The summed E-state index contributed by atoms with van der Waals surface area (Å²) in [5.74, 6) is -0.663. The van der Waals surface area contributed by atoms with Crippen LogP contribution in [0.25, 0.3) is 0 Å². The van der Waals surface area contributed by atoms with Crippen molar-refractivity contribution in [1.29, 1.82) is 0 Å². The lowest BCUT2D eigenvalue weighted by Crippen LogP contribution is -2.50. The molecule has 0 atom stereocenters. The first-order chi connectivity index (χ1) is 14.1. The van der Waals surface area contributed by atoms with Crippen LogP contribution >= 0.6 is 0 Å². The lowest BCUT2D eigenvalue weighted by atomic mass is 10.1. The number of ether oxygens (including phenoxy) is 1. The Morgan fingerprint density at radius 2 is 1.57 bits per heavy atom. The normalized spacial score (nSPS) is 15.5. The van der Waals surface area contributed by atoms with Crippen molar-refractivity contribution in [2.24, 2.45) is 0 Å². The van der Waals surface area contributed by atoms with Gasteiger partial charge in [0, 0.05) is 26.2 Å². The van der Waals surface area contributed by atoms with Gasteiger partial charge in [-0.15, -0.1) is 0 Å². The van der Waals surface area contributed by atoms with E-state index in [4.69, 9.17) is 0 Å². The van der Waals surface area contributed by atoms with Gasteiger partial charge < -0.3 is 9.64 Å². The van der Waals surface area contributed by atoms with Crippen LogP contribution in [-0.2, 0) is 10.0 Å². The number of piperazine rings is 1. The number of alkyl halides is 2. The minimum atomic E-state index is -3.71.